The topological polar surface area (TPSA) is 92.3 Å². The van der Waals surface area contributed by atoms with Gasteiger partial charge in [0, 0.05) is 18.3 Å². The average molecular weight is 330 g/mol. The Kier molecular flexibility index (Phi) is 3.71. The summed E-state index contributed by atoms with van der Waals surface area (Å²) in [5, 5.41) is 3.19. The van der Waals surface area contributed by atoms with Gasteiger partial charge in [-0.05, 0) is 37.0 Å². The molecule has 2 aliphatic rings. The molecule has 6 nitrogen and oxygen atoms in total. The highest BCUT2D eigenvalue weighted by Crippen LogP contribution is 2.25. The normalized spacial score (nSPS) is 24.3. The van der Waals surface area contributed by atoms with Gasteiger partial charge in [-0.25, -0.2) is 21.6 Å². The SMILES string of the molecule is O=S1(=O)CCC(NS(=O)(=O)c2ccc3c(c2)NCCC3)C1. The maximum absolute atomic E-state index is 12.4. The summed E-state index contributed by atoms with van der Waals surface area (Å²) < 4.78 is 50.0. The molecule has 2 N–H and O–H groups in total. The number of sulfonamides is 1. The lowest BCUT2D eigenvalue weighted by molar-refractivity contribution is 0.562. The van der Waals surface area contributed by atoms with Crippen LogP contribution in [0.4, 0.5) is 5.69 Å². The Balaban J connectivity index is 1.82. The van der Waals surface area contributed by atoms with Crippen molar-refractivity contribution in [1.82, 2.24) is 4.72 Å². The van der Waals surface area contributed by atoms with E-state index in [2.05, 4.69) is 10.0 Å². The Labute approximate surface area is 124 Å². The summed E-state index contributed by atoms with van der Waals surface area (Å²) >= 11 is 0. The van der Waals surface area contributed by atoms with Gasteiger partial charge in [-0.3, -0.25) is 0 Å². The van der Waals surface area contributed by atoms with Gasteiger partial charge in [-0.15, -0.1) is 0 Å². The number of rotatable bonds is 3. The largest absolute Gasteiger partial charge is 0.385 e. The van der Waals surface area contributed by atoms with Crippen LogP contribution >= 0.6 is 0 Å². The fourth-order valence-corrected chi connectivity index (χ4v) is 5.86. The Morgan fingerprint density at radius 1 is 1.29 bits per heavy atom. The number of sulfone groups is 1. The molecule has 0 aliphatic carbocycles. The van der Waals surface area contributed by atoms with Crippen LogP contribution < -0.4 is 10.0 Å². The molecule has 1 aromatic carbocycles. The van der Waals surface area contributed by atoms with Crippen molar-refractivity contribution in [2.24, 2.45) is 0 Å². The number of hydrogen-bond donors (Lipinski definition) is 2. The monoisotopic (exact) mass is 330 g/mol. The van der Waals surface area contributed by atoms with Crippen molar-refractivity contribution < 1.29 is 16.8 Å². The lowest BCUT2D eigenvalue weighted by atomic mass is 10.0. The zero-order valence-electron chi connectivity index (χ0n) is 11.5. The quantitative estimate of drug-likeness (QED) is 0.842. The molecule has 0 aromatic heterocycles. The number of hydrogen-bond acceptors (Lipinski definition) is 5. The predicted octanol–water partition coefficient (Wildman–Crippen LogP) is 0.510. The fraction of sp³-hybridized carbons (Fsp3) is 0.538. The first-order valence-electron chi connectivity index (χ1n) is 6.95. The van der Waals surface area contributed by atoms with E-state index < -0.39 is 25.9 Å². The molecule has 2 heterocycles. The van der Waals surface area contributed by atoms with E-state index in [1.54, 1.807) is 12.1 Å². The summed E-state index contributed by atoms with van der Waals surface area (Å²) in [5.41, 5.74) is 1.96. The first kappa shape index (κ1) is 14.8. The molecular formula is C13H18N2O4S2. The summed E-state index contributed by atoms with van der Waals surface area (Å²) in [4.78, 5) is 0.181. The lowest BCUT2D eigenvalue weighted by Crippen LogP contribution is -2.35. The standard InChI is InChI=1S/C13H18N2O4S2/c16-20(17)7-5-11(9-20)15-21(18,19)12-4-3-10-2-1-6-14-13(10)8-12/h3-4,8,11,14-15H,1-2,5-7,9H2. The molecule has 8 heteroatoms. The van der Waals surface area contributed by atoms with Crippen LogP contribution in [-0.4, -0.2) is 40.9 Å². The van der Waals surface area contributed by atoms with Gasteiger partial charge in [0.25, 0.3) is 0 Å². The van der Waals surface area contributed by atoms with Gasteiger partial charge in [-0.2, -0.15) is 0 Å². The predicted molar refractivity (Wildman–Crippen MR) is 80.6 cm³/mol. The zero-order chi connectivity index (χ0) is 15.1. The first-order chi connectivity index (χ1) is 9.86. The molecule has 1 fully saturated rings. The van der Waals surface area contributed by atoms with Crippen molar-refractivity contribution in [3.63, 3.8) is 0 Å². The Bertz CT molecular complexity index is 756. The molecule has 1 atom stereocenters. The molecule has 21 heavy (non-hydrogen) atoms. The van der Waals surface area contributed by atoms with E-state index in [0.717, 1.165) is 30.6 Å². The smallest absolute Gasteiger partial charge is 0.240 e. The highest BCUT2D eigenvalue weighted by atomic mass is 32.2. The van der Waals surface area contributed by atoms with E-state index in [-0.39, 0.29) is 16.4 Å². The third kappa shape index (κ3) is 3.22. The van der Waals surface area contributed by atoms with E-state index in [1.165, 1.54) is 0 Å². The minimum atomic E-state index is -3.68. The minimum absolute atomic E-state index is 0.0475. The summed E-state index contributed by atoms with van der Waals surface area (Å²) in [7, 11) is -6.79. The maximum Gasteiger partial charge on any atom is 0.240 e. The average Bonchev–Trinajstić information content (AvgIpc) is 2.76. The van der Waals surface area contributed by atoms with Gasteiger partial charge in [0.15, 0.2) is 9.84 Å². The summed E-state index contributed by atoms with van der Waals surface area (Å²) in [6.45, 7) is 0.838. The minimum Gasteiger partial charge on any atom is -0.385 e. The lowest BCUT2D eigenvalue weighted by Gasteiger charge is -2.19. The van der Waals surface area contributed by atoms with Gasteiger partial charge in [-0.1, -0.05) is 6.07 Å². The van der Waals surface area contributed by atoms with Crippen molar-refractivity contribution in [1.29, 1.82) is 0 Å². The third-order valence-electron chi connectivity index (χ3n) is 3.88. The summed E-state index contributed by atoms with van der Waals surface area (Å²) in [5.74, 6) is -0.0681. The Hall–Kier alpha value is -1.12. The van der Waals surface area contributed by atoms with E-state index in [9.17, 15) is 16.8 Å². The van der Waals surface area contributed by atoms with E-state index >= 15 is 0 Å². The molecule has 2 aliphatic heterocycles. The van der Waals surface area contributed by atoms with Crippen LogP contribution in [0.15, 0.2) is 23.1 Å². The molecule has 1 saturated heterocycles. The van der Waals surface area contributed by atoms with Gasteiger partial charge in [0.05, 0.1) is 16.4 Å². The number of fused-ring (bicyclic) bond motifs is 1. The second kappa shape index (κ2) is 5.26. The molecular weight excluding hydrogens is 312 g/mol. The second-order valence-corrected chi connectivity index (χ2v) is 9.51. The van der Waals surface area contributed by atoms with Crippen molar-refractivity contribution in [2.75, 3.05) is 23.4 Å². The summed E-state index contributed by atoms with van der Waals surface area (Å²) in [6, 6.07) is 4.50. The zero-order valence-corrected chi connectivity index (χ0v) is 13.1. The third-order valence-corrected chi connectivity index (χ3v) is 7.17. The number of aryl methyl sites for hydroxylation is 1. The molecule has 0 spiro atoms. The first-order valence-corrected chi connectivity index (χ1v) is 10.3. The maximum atomic E-state index is 12.4. The van der Waals surface area contributed by atoms with E-state index in [4.69, 9.17) is 0 Å². The highest BCUT2D eigenvalue weighted by Gasteiger charge is 2.31. The molecule has 1 unspecified atom stereocenters. The second-order valence-electron chi connectivity index (χ2n) is 5.57. The van der Waals surface area contributed by atoms with Gasteiger partial charge in [0.1, 0.15) is 0 Å². The molecule has 0 bridgehead atoms. The van der Waals surface area contributed by atoms with Crippen LogP contribution in [-0.2, 0) is 26.3 Å². The van der Waals surface area contributed by atoms with Crippen molar-refractivity contribution >= 4 is 25.5 Å². The van der Waals surface area contributed by atoms with Crippen LogP contribution in [0.25, 0.3) is 0 Å². The van der Waals surface area contributed by atoms with Crippen LogP contribution in [0, 0.1) is 0 Å². The number of benzene rings is 1. The van der Waals surface area contributed by atoms with Crippen molar-refractivity contribution in [3.8, 4) is 0 Å². The van der Waals surface area contributed by atoms with Crippen LogP contribution in [0.1, 0.15) is 18.4 Å². The van der Waals surface area contributed by atoms with Gasteiger partial charge >= 0.3 is 0 Å². The molecule has 1 aromatic rings. The van der Waals surface area contributed by atoms with Gasteiger partial charge in [0.2, 0.25) is 10.0 Å². The molecule has 0 amide bonds. The van der Waals surface area contributed by atoms with Crippen molar-refractivity contribution in [3.05, 3.63) is 23.8 Å². The number of nitrogens with one attached hydrogen (secondary N) is 2. The molecule has 3 rings (SSSR count). The molecule has 0 saturated carbocycles. The fourth-order valence-electron chi connectivity index (χ4n) is 2.78. The van der Waals surface area contributed by atoms with Gasteiger partial charge < -0.3 is 5.32 Å². The Morgan fingerprint density at radius 3 is 2.81 bits per heavy atom. The number of anilines is 1. The van der Waals surface area contributed by atoms with E-state index in [0.29, 0.717) is 6.42 Å². The van der Waals surface area contributed by atoms with Crippen LogP contribution in [0.3, 0.4) is 0 Å². The van der Waals surface area contributed by atoms with E-state index in [1.807, 2.05) is 6.07 Å². The van der Waals surface area contributed by atoms with Crippen LogP contribution in [0.5, 0.6) is 0 Å². The summed E-state index contributed by atoms with van der Waals surface area (Å²) in [6.07, 6.45) is 2.32. The van der Waals surface area contributed by atoms with Crippen molar-refractivity contribution in [2.45, 2.75) is 30.2 Å². The molecule has 116 valence electrons. The van der Waals surface area contributed by atoms with Crippen LogP contribution in [0.2, 0.25) is 0 Å². The molecule has 0 radical (unpaired) electrons. The Morgan fingerprint density at radius 2 is 2.10 bits per heavy atom. The highest BCUT2D eigenvalue weighted by molar-refractivity contribution is 7.92.